The van der Waals surface area contributed by atoms with Gasteiger partial charge in [-0.3, -0.25) is 4.79 Å². The Kier molecular flexibility index (Phi) is 10.8. The summed E-state index contributed by atoms with van der Waals surface area (Å²) in [4.78, 5) is 18.2. The van der Waals surface area contributed by atoms with Crippen molar-refractivity contribution in [3.05, 3.63) is 0 Å². The minimum absolute atomic E-state index is 0.272. The van der Waals surface area contributed by atoms with Gasteiger partial charge in [0.05, 0.1) is 0 Å². The van der Waals surface area contributed by atoms with Gasteiger partial charge in [-0.25, -0.2) is 0 Å². The molecule has 0 saturated carbocycles. The van der Waals surface area contributed by atoms with E-state index in [1.807, 2.05) is 18.9 Å². The number of amides is 1. The Bertz CT molecular complexity index is 256. The zero-order valence-electron chi connectivity index (χ0n) is 14.5. The molecule has 0 bridgehead atoms. The minimum Gasteiger partial charge on any atom is -0.346 e. The van der Waals surface area contributed by atoms with Crippen molar-refractivity contribution in [2.45, 2.75) is 52.5 Å². The molecule has 0 radical (unpaired) electrons. The van der Waals surface area contributed by atoms with Crippen molar-refractivity contribution in [1.29, 1.82) is 0 Å². The summed E-state index contributed by atoms with van der Waals surface area (Å²) in [5.41, 5.74) is 0. The summed E-state index contributed by atoms with van der Waals surface area (Å²) in [5.74, 6) is 0.272. The van der Waals surface area contributed by atoms with Crippen LogP contribution in [0.2, 0.25) is 0 Å². The van der Waals surface area contributed by atoms with E-state index in [1.165, 1.54) is 6.42 Å². The van der Waals surface area contributed by atoms with Crippen LogP contribution in [0.1, 0.15) is 46.5 Å². The van der Waals surface area contributed by atoms with E-state index >= 15 is 0 Å². The quantitative estimate of drug-likeness (QED) is 0.583. The largest absolute Gasteiger partial charge is 0.346 e. The Morgan fingerprint density at radius 2 is 1.50 bits per heavy atom. The van der Waals surface area contributed by atoms with Crippen molar-refractivity contribution in [2.24, 2.45) is 0 Å². The SMILES string of the molecule is CCCC(=O)N(C)CCCN(C)CCCN(C)C(C)C. The van der Waals surface area contributed by atoms with Gasteiger partial charge >= 0.3 is 0 Å². The van der Waals surface area contributed by atoms with E-state index in [9.17, 15) is 4.79 Å². The molecular weight excluding hydrogens is 250 g/mol. The number of carbonyl (C=O) groups excluding carboxylic acids is 1. The van der Waals surface area contributed by atoms with Crippen LogP contribution in [0.3, 0.4) is 0 Å². The van der Waals surface area contributed by atoms with Crippen molar-refractivity contribution in [2.75, 3.05) is 47.3 Å². The maximum atomic E-state index is 11.6. The highest BCUT2D eigenvalue weighted by atomic mass is 16.2. The van der Waals surface area contributed by atoms with Crippen molar-refractivity contribution in [3.63, 3.8) is 0 Å². The van der Waals surface area contributed by atoms with Crippen molar-refractivity contribution < 1.29 is 4.79 Å². The second-order valence-electron chi connectivity index (χ2n) is 6.15. The molecule has 0 atom stereocenters. The van der Waals surface area contributed by atoms with Gasteiger partial charge in [0.2, 0.25) is 5.91 Å². The van der Waals surface area contributed by atoms with Crippen LogP contribution in [0, 0.1) is 0 Å². The molecule has 0 spiro atoms. The molecule has 0 aliphatic heterocycles. The molecule has 0 rings (SSSR count). The van der Waals surface area contributed by atoms with Gasteiger partial charge in [-0.05, 0) is 66.8 Å². The number of hydrogen-bond donors (Lipinski definition) is 0. The molecule has 0 aromatic carbocycles. The Morgan fingerprint density at radius 1 is 0.950 bits per heavy atom. The maximum Gasteiger partial charge on any atom is 0.222 e. The number of hydrogen-bond acceptors (Lipinski definition) is 3. The van der Waals surface area contributed by atoms with Crippen molar-refractivity contribution in [3.8, 4) is 0 Å². The summed E-state index contributed by atoms with van der Waals surface area (Å²) in [6.07, 6.45) is 3.87. The predicted molar refractivity (Wildman–Crippen MR) is 87.0 cm³/mol. The molecule has 0 N–H and O–H groups in total. The average molecular weight is 285 g/mol. The third-order valence-electron chi connectivity index (χ3n) is 3.86. The van der Waals surface area contributed by atoms with Gasteiger partial charge in [-0.15, -0.1) is 0 Å². The van der Waals surface area contributed by atoms with Crippen LogP contribution in [0.15, 0.2) is 0 Å². The second-order valence-corrected chi connectivity index (χ2v) is 6.15. The summed E-state index contributed by atoms with van der Waals surface area (Å²) in [7, 11) is 6.26. The average Bonchev–Trinajstić information content (AvgIpc) is 2.38. The Labute approximate surface area is 126 Å². The van der Waals surface area contributed by atoms with E-state index < -0.39 is 0 Å². The lowest BCUT2D eigenvalue weighted by atomic mass is 10.2. The first kappa shape index (κ1) is 19.4. The van der Waals surface area contributed by atoms with E-state index in [4.69, 9.17) is 0 Å². The number of nitrogens with zero attached hydrogens (tertiary/aromatic N) is 3. The lowest BCUT2D eigenvalue weighted by Crippen LogP contribution is -2.32. The number of rotatable bonds is 11. The van der Waals surface area contributed by atoms with Crippen molar-refractivity contribution >= 4 is 5.91 Å². The van der Waals surface area contributed by atoms with E-state index in [2.05, 4.69) is 37.7 Å². The highest BCUT2D eigenvalue weighted by molar-refractivity contribution is 5.75. The Balaban J connectivity index is 3.63. The van der Waals surface area contributed by atoms with Crippen LogP contribution >= 0.6 is 0 Å². The van der Waals surface area contributed by atoms with Gasteiger partial charge in [0.25, 0.3) is 0 Å². The molecule has 0 aliphatic rings. The molecule has 4 nitrogen and oxygen atoms in total. The Hall–Kier alpha value is -0.610. The van der Waals surface area contributed by atoms with E-state index in [0.717, 1.165) is 39.0 Å². The normalized spacial score (nSPS) is 11.7. The standard InChI is InChI=1S/C16H35N3O/c1-7-10-16(20)19(6)14-9-12-17(4)11-8-13-18(5)15(2)3/h15H,7-14H2,1-6H3. The molecule has 120 valence electrons. The van der Waals surface area contributed by atoms with Gasteiger partial charge in [-0.1, -0.05) is 6.92 Å². The number of carbonyl (C=O) groups is 1. The molecule has 0 aromatic heterocycles. The summed E-state index contributed by atoms with van der Waals surface area (Å²) in [5, 5.41) is 0. The van der Waals surface area contributed by atoms with Crippen LogP contribution in [0.4, 0.5) is 0 Å². The lowest BCUT2D eigenvalue weighted by molar-refractivity contribution is -0.130. The maximum absolute atomic E-state index is 11.6. The topological polar surface area (TPSA) is 26.8 Å². The summed E-state index contributed by atoms with van der Waals surface area (Å²) < 4.78 is 0. The smallest absolute Gasteiger partial charge is 0.222 e. The highest BCUT2D eigenvalue weighted by Crippen LogP contribution is 1.99. The van der Waals surface area contributed by atoms with E-state index in [1.54, 1.807) is 0 Å². The van der Waals surface area contributed by atoms with Gasteiger partial charge < -0.3 is 14.7 Å². The van der Waals surface area contributed by atoms with Crippen LogP contribution in [-0.2, 0) is 4.79 Å². The fourth-order valence-corrected chi connectivity index (χ4v) is 2.07. The molecule has 0 fully saturated rings. The van der Waals surface area contributed by atoms with Gasteiger partial charge in [-0.2, -0.15) is 0 Å². The predicted octanol–water partition coefficient (Wildman–Crippen LogP) is 2.30. The van der Waals surface area contributed by atoms with Crippen LogP contribution in [0.5, 0.6) is 0 Å². The second kappa shape index (κ2) is 11.1. The monoisotopic (exact) mass is 285 g/mol. The van der Waals surface area contributed by atoms with Gasteiger partial charge in [0, 0.05) is 26.1 Å². The van der Waals surface area contributed by atoms with Crippen LogP contribution in [0.25, 0.3) is 0 Å². The molecule has 0 aromatic rings. The molecule has 0 aliphatic carbocycles. The molecule has 0 saturated heterocycles. The van der Waals surface area contributed by atoms with E-state index in [-0.39, 0.29) is 5.91 Å². The molecule has 0 heterocycles. The fraction of sp³-hybridized carbons (Fsp3) is 0.938. The van der Waals surface area contributed by atoms with Crippen LogP contribution < -0.4 is 0 Å². The molecule has 4 heteroatoms. The first-order chi connectivity index (χ1) is 9.38. The first-order valence-electron chi connectivity index (χ1n) is 8.01. The third-order valence-corrected chi connectivity index (χ3v) is 3.86. The fourth-order valence-electron chi connectivity index (χ4n) is 2.07. The van der Waals surface area contributed by atoms with Gasteiger partial charge in [0.15, 0.2) is 0 Å². The van der Waals surface area contributed by atoms with Crippen LogP contribution in [-0.4, -0.2) is 74.0 Å². The van der Waals surface area contributed by atoms with E-state index in [0.29, 0.717) is 12.5 Å². The zero-order valence-corrected chi connectivity index (χ0v) is 14.5. The molecule has 1 amide bonds. The minimum atomic E-state index is 0.272. The lowest BCUT2D eigenvalue weighted by Gasteiger charge is -2.23. The zero-order chi connectivity index (χ0) is 15.5. The summed E-state index contributed by atoms with van der Waals surface area (Å²) in [6.45, 7) is 10.7. The van der Waals surface area contributed by atoms with Gasteiger partial charge in [0.1, 0.15) is 0 Å². The molecule has 20 heavy (non-hydrogen) atoms. The highest BCUT2D eigenvalue weighted by Gasteiger charge is 2.08. The first-order valence-corrected chi connectivity index (χ1v) is 8.01. The third kappa shape index (κ3) is 9.32. The summed E-state index contributed by atoms with van der Waals surface area (Å²) >= 11 is 0. The van der Waals surface area contributed by atoms with Crippen molar-refractivity contribution in [1.82, 2.24) is 14.7 Å². The summed E-state index contributed by atoms with van der Waals surface area (Å²) in [6, 6.07) is 0.624. The Morgan fingerprint density at radius 3 is 2.00 bits per heavy atom. The molecular formula is C16H35N3O. The molecule has 0 unspecified atom stereocenters.